The van der Waals surface area contributed by atoms with Crippen LogP contribution in [0, 0.1) is 0 Å². The normalized spacial score (nSPS) is 44.3. The molecule has 0 spiro atoms. The molecule has 0 radical (unpaired) electrons. The molecule has 0 saturated carbocycles. The van der Waals surface area contributed by atoms with Gasteiger partial charge in [0.25, 0.3) is 0 Å². The average Bonchev–Trinajstić information content (AvgIpc) is 3.12. The summed E-state index contributed by atoms with van der Waals surface area (Å²) in [6, 6.07) is 3.89. The van der Waals surface area contributed by atoms with Gasteiger partial charge in [0.05, 0.1) is 18.6 Å². The summed E-state index contributed by atoms with van der Waals surface area (Å²) < 4.78 is 17.0. The largest absolute Gasteiger partial charge is 0.454 e. The van der Waals surface area contributed by atoms with Gasteiger partial charge in [-0.05, 0) is 17.7 Å². The summed E-state index contributed by atoms with van der Waals surface area (Å²) in [7, 11) is 3.73. The predicted molar refractivity (Wildman–Crippen MR) is 84.6 cm³/mol. The first-order chi connectivity index (χ1) is 11.5. The summed E-state index contributed by atoms with van der Waals surface area (Å²) in [5, 5.41) is 22.2. The van der Waals surface area contributed by atoms with Gasteiger partial charge in [-0.15, -0.1) is 0 Å². The Bertz CT molecular complexity index is 749. The summed E-state index contributed by atoms with van der Waals surface area (Å²) in [5.41, 5.74) is 1.27. The number of hydrogen-bond donors (Lipinski definition) is 2. The molecule has 4 aliphatic rings. The number of benzene rings is 1. The van der Waals surface area contributed by atoms with Crippen molar-refractivity contribution < 1.29 is 28.9 Å². The lowest BCUT2D eigenvalue weighted by Crippen LogP contribution is -2.61. The van der Waals surface area contributed by atoms with Crippen molar-refractivity contribution in [1.82, 2.24) is 0 Å². The van der Waals surface area contributed by atoms with Crippen LogP contribution >= 0.6 is 0 Å². The first kappa shape index (κ1) is 14.7. The van der Waals surface area contributed by atoms with Gasteiger partial charge in [0.15, 0.2) is 11.5 Å². The van der Waals surface area contributed by atoms with Crippen molar-refractivity contribution in [3.8, 4) is 11.5 Å². The van der Waals surface area contributed by atoms with Crippen LogP contribution in [-0.2, 0) is 10.2 Å². The van der Waals surface area contributed by atoms with E-state index in [1.807, 2.05) is 25.3 Å². The minimum atomic E-state index is -0.700. The third kappa shape index (κ3) is 1.51. The van der Waals surface area contributed by atoms with Crippen LogP contribution in [0.25, 0.3) is 0 Å². The molecule has 2 bridgehead atoms. The highest BCUT2D eigenvalue weighted by Crippen LogP contribution is 2.59. The molecule has 0 amide bonds. The van der Waals surface area contributed by atoms with Gasteiger partial charge in [-0.3, -0.25) is 4.48 Å². The molecule has 3 aliphatic heterocycles. The van der Waals surface area contributed by atoms with Crippen LogP contribution in [0.5, 0.6) is 11.5 Å². The third-order valence-electron chi connectivity index (χ3n) is 6.57. The van der Waals surface area contributed by atoms with Gasteiger partial charge >= 0.3 is 0 Å². The van der Waals surface area contributed by atoms with Crippen molar-refractivity contribution in [2.24, 2.45) is 0 Å². The van der Waals surface area contributed by atoms with Crippen LogP contribution in [0.4, 0.5) is 0 Å². The zero-order valence-electron chi connectivity index (χ0n) is 13.8. The molecule has 1 aromatic rings. The number of aliphatic hydroxyl groups excluding tert-OH is 2. The number of nitrogens with zero attached hydrogens (tertiary/aromatic N) is 1. The van der Waals surface area contributed by atoms with E-state index in [0.29, 0.717) is 22.5 Å². The lowest BCUT2D eigenvalue weighted by atomic mass is 9.64. The van der Waals surface area contributed by atoms with Crippen molar-refractivity contribution in [2.45, 2.75) is 36.3 Å². The standard InChI is InChI=1S/C18H22NO5/c1-19-8-16(20)18(4-3-10(22-2)5-15(18)19)12-7-14-13(23-9-24-14)6-11(12)17(19)21/h3-4,6-7,10,15-17,20-21H,5,8-9H2,1-2H3/q+1/t10-,15+,16+,17-,18+,19+/m1/s1. The second-order valence-corrected chi connectivity index (χ2v) is 7.53. The van der Waals surface area contributed by atoms with Crippen molar-refractivity contribution in [1.29, 1.82) is 0 Å². The molecule has 0 aromatic heterocycles. The Morgan fingerprint density at radius 3 is 2.75 bits per heavy atom. The number of ether oxygens (including phenoxy) is 3. The zero-order valence-corrected chi connectivity index (χ0v) is 13.8. The van der Waals surface area contributed by atoms with Crippen LogP contribution in [0.1, 0.15) is 23.8 Å². The number of likely N-dealkylation sites (N-methyl/N-ethyl adjacent to an activating group) is 1. The highest BCUT2D eigenvalue weighted by Gasteiger charge is 2.69. The minimum Gasteiger partial charge on any atom is -0.454 e. The van der Waals surface area contributed by atoms with Gasteiger partial charge in [0.2, 0.25) is 13.0 Å². The Morgan fingerprint density at radius 1 is 1.25 bits per heavy atom. The molecule has 1 fully saturated rings. The SMILES string of the molecule is CO[C@@H]1C=C[C@@]23c4cc5c(cc4[C@@H](O)[N@@+](C)(C[C@@H]2O)[C@H]3C1)OCO5. The zero-order chi connectivity index (χ0) is 16.7. The smallest absolute Gasteiger partial charge is 0.231 e. The molecular formula is C18H22NO5+. The van der Waals surface area contributed by atoms with Gasteiger partial charge in [0, 0.05) is 19.1 Å². The molecule has 1 aromatic carbocycles. The van der Waals surface area contributed by atoms with Crippen molar-refractivity contribution >= 4 is 0 Å². The lowest BCUT2D eigenvalue weighted by Gasteiger charge is -2.51. The average molecular weight is 332 g/mol. The number of rotatable bonds is 1. The van der Waals surface area contributed by atoms with Crippen molar-refractivity contribution in [2.75, 3.05) is 27.5 Å². The lowest BCUT2D eigenvalue weighted by molar-refractivity contribution is -0.976. The van der Waals surface area contributed by atoms with Crippen molar-refractivity contribution in [3.63, 3.8) is 0 Å². The van der Waals surface area contributed by atoms with E-state index >= 15 is 0 Å². The second-order valence-electron chi connectivity index (χ2n) is 7.53. The van der Waals surface area contributed by atoms with Crippen molar-refractivity contribution in [3.05, 3.63) is 35.4 Å². The molecule has 5 rings (SSSR count). The minimum absolute atomic E-state index is 0.00800. The molecule has 2 N–H and O–H groups in total. The van der Waals surface area contributed by atoms with E-state index < -0.39 is 17.7 Å². The van der Waals surface area contributed by atoms with Crippen LogP contribution in [0.15, 0.2) is 24.3 Å². The van der Waals surface area contributed by atoms with Crippen LogP contribution in [-0.4, -0.2) is 60.4 Å². The summed E-state index contributed by atoms with van der Waals surface area (Å²) in [6.45, 7) is 0.703. The number of fused-ring (bicyclic) bond motifs is 2. The van der Waals surface area contributed by atoms with E-state index in [4.69, 9.17) is 14.2 Å². The molecule has 3 heterocycles. The summed E-state index contributed by atoms with van der Waals surface area (Å²) in [4.78, 5) is 0. The molecule has 1 saturated heterocycles. The first-order valence-corrected chi connectivity index (χ1v) is 8.38. The van der Waals surface area contributed by atoms with E-state index in [1.54, 1.807) is 7.11 Å². The number of methoxy groups -OCH3 is 1. The fourth-order valence-electron chi connectivity index (χ4n) is 5.34. The Labute approximate surface area is 140 Å². The van der Waals surface area contributed by atoms with Crippen LogP contribution < -0.4 is 9.47 Å². The first-order valence-electron chi connectivity index (χ1n) is 8.38. The van der Waals surface area contributed by atoms with Gasteiger partial charge in [-0.25, -0.2) is 0 Å². The molecule has 0 unspecified atom stereocenters. The maximum Gasteiger partial charge on any atom is 0.231 e. The van der Waals surface area contributed by atoms with Gasteiger partial charge in [0.1, 0.15) is 18.7 Å². The fraction of sp³-hybridized carbons (Fsp3) is 0.556. The maximum atomic E-state index is 11.2. The monoisotopic (exact) mass is 332 g/mol. The predicted octanol–water partition coefficient (Wildman–Crippen LogP) is 0.822. The molecule has 6 nitrogen and oxygen atoms in total. The summed E-state index contributed by atoms with van der Waals surface area (Å²) in [6.07, 6.45) is 3.66. The Morgan fingerprint density at radius 2 is 2.00 bits per heavy atom. The third-order valence-corrected chi connectivity index (χ3v) is 6.57. The maximum absolute atomic E-state index is 11.2. The Balaban J connectivity index is 1.79. The molecule has 1 aliphatic carbocycles. The van der Waals surface area contributed by atoms with Crippen LogP contribution in [0.3, 0.4) is 0 Å². The van der Waals surface area contributed by atoms with Gasteiger partial charge in [-0.2, -0.15) is 0 Å². The Kier molecular flexibility index (Phi) is 2.77. The quantitative estimate of drug-likeness (QED) is 0.589. The summed E-state index contributed by atoms with van der Waals surface area (Å²) in [5.74, 6) is 1.35. The van der Waals surface area contributed by atoms with E-state index in [0.717, 1.165) is 17.5 Å². The van der Waals surface area contributed by atoms with Crippen LogP contribution in [0.2, 0.25) is 0 Å². The van der Waals surface area contributed by atoms with Gasteiger partial charge < -0.3 is 24.4 Å². The Hall–Kier alpha value is -1.60. The second kappa shape index (κ2) is 4.52. The van der Waals surface area contributed by atoms with E-state index in [2.05, 4.69) is 6.08 Å². The molecule has 24 heavy (non-hydrogen) atoms. The summed E-state index contributed by atoms with van der Waals surface area (Å²) >= 11 is 0. The van der Waals surface area contributed by atoms with E-state index in [9.17, 15) is 10.2 Å². The number of aliphatic hydroxyl groups is 2. The van der Waals surface area contributed by atoms with Gasteiger partial charge in [-0.1, -0.05) is 12.2 Å². The number of hydrogen-bond acceptors (Lipinski definition) is 5. The topological polar surface area (TPSA) is 68.2 Å². The highest BCUT2D eigenvalue weighted by atomic mass is 16.7. The molecule has 6 atom stereocenters. The fourth-order valence-corrected chi connectivity index (χ4v) is 5.34. The van der Waals surface area contributed by atoms with E-state index in [-0.39, 0.29) is 18.9 Å². The molecule has 128 valence electrons. The molecular weight excluding hydrogens is 310 g/mol. The highest BCUT2D eigenvalue weighted by molar-refractivity contribution is 5.56. The number of quaternary nitrogens is 1. The molecule has 6 heteroatoms. The van der Waals surface area contributed by atoms with E-state index in [1.165, 1.54) is 0 Å².